The fraction of sp³-hybridized carbons (Fsp3) is 0.385. The van der Waals surface area contributed by atoms with Crippen LogP contribution in [-0.2, 0) is 0 Å². The highest BCUT2D eigenvalue weighted by molar-refractivity contribution is 5.55. The van der Waals surface area contributed by atoms with E-state index in [9.17, 15) is 8.78 Å². The first-order chi connectivity index (χ1) is 8.97. The smallest absolute Gasteiger partial charge is 0.243 e. The van der Waals surface area contributed by atoms with Gasteiger partial charge in [0.2, 0.25) is 11.7 Å². The first-order valence-electron chi connectivity index (χ1n) is 6.02. The molecule has 1 heterocycles. The predicted molar refractivity (Wildman–Crippen MR) is 66.0 cm³/mol. The van der Waals surface area contributed by atoms with Gasteiger partial charge in [0, 0.05) is 6.07 Å². The van der Waals surface area contributed by atoms with Crippen LogP contribution in [0.4, 0.5) is 8.78 Å². The molecule has 0 aliphatic rings. The van der Waals surface area contributed by atoms with E-state index in [2.05, 4.69) is 10.1 Å². The molecule has 0 spiro atoms. The molecule has 2 N–H and O–H groups in total. The zero-order valence-corrected chi connectivity index (χ0v) is 10.7. The molecule has 102 valence electrons. The van der Waals surface area contributed by atoms with E-state index >= 15 is 0 Å². The van der Waals surface area contributed by atoms with E-state index in [1.165, 1.54) is 6.07 Å². The Morgan fingerprint density at radius 3 is 2.68 bits per heavy atom. The highest BCUT2D eigenvalue weighted by atomic mass is 19.1. The van der Waals surface area contributed by atoms with Crippen LogP contribution in [0.2, 0.25) is 0 Å². The van der Waals surface area contributed by atoms with Crippen LogP contribution in [0.3, 0.4) is 0 Å². The second-order valence-electron chi connectivity index (χ2n) is 4.82. The minimum Gasteiger partial charge on any atom is -0.337 e. The summed E-state index contributed by atoms with van der Waals surface area (Å²) in [4.78, 5) is 4.06. The summed E-state index contributed by atoms with van der Waals surface area (Å²) in [5, 5.41) is 3.68. The summed E-state index contributed by atoms with van der Waals surface area (Å²) in [5.74, 6) is -0.668. The zero-order chi connectivity index (χ0) is 14.0. The van der Waals surface area contributed by atoms with Crippen molar-refractivity contribution in [2.45, 2.75) is 26.3 Å². The Morgan fingerprint density at radius 2 is 2.05 bits per heavy atom. The molecular formula is C13H15F2N3O. The molecule has 6 heteroatoms. The third-order valence-corrected chi connectivity index (χ3v) is 2.66. The molecule has 0 amide bonds. The molecule has 19 heavy (non-hydrogen) atoms. The van der Waals surface area contributed by atoms with E-state index in [1.54, 1.807) is 0 Å². The summed E-state index contributed by atoms with van der Waals surface area (Å²) in [6.45, 7) is 4.05. The van der Waals surface area contributed by atoms with E-state index < -0.39 is 11.6 Å². The lowest BCUT2D eigenvalue weighted by Crippen LogP contribution is -2.13. The number of halogens is 2. The number of hydrogen-bond donors (Lipinski definition) is 1. The lowest BCUT2D eigenvalue weighted by molar-refractivity contribution is 0.335. The average molecular weight is 267 g/mol. The van der Waals surface area contributed by atoms with Gasteiger partial charge in [0.05, 0.1) is 11.6 Å². The third-order valence-electron chi connectivity index (χ3n) is 2.66. The minimum atomic E-state index is -0.732. The number of benzene rings is 1. The van der Waals surface area contributed by atoms with Crippen LogP contribution in [0.5, 0.6) is 0 Å². The van der Waals surface area contributed by atoms with Crippen LogP contribution in [0.1, 0.15) is 32.2 Å². The lowest BCUT2D eigenvalue weighted by Gasteiger charge is -2.08. The summed E-state index contributed by atoms with van der Waals surface area (Å²) in [5.41, 5.74) is 5.99. The fourth-order valence-electron chi connectivity index (χ4n) is 1.77. The summed E-state index contributed by atoms with van der Waals surface area (Å²) in [6.07, 6.45) is 0.688. The molecule has 0 fully saturated rings. The van der Waals surface area contributed by atoms with Crippen LogP contribution in [0.25, 0.3) is 11.4 Å². The van der Waals surface area contributed by atoms with Gasteiger partial charge in [0.25, 0.3) is 0 Å². The highest BCUT2D eigenvalue weighted by Gasteiger charge is 2.18. The van der Waals surface area contributed by atoms with Crippen LogP contribution in [0.15, 0.2) is 22.7 Å². The van der Waals surface area contributed by atoms with Gasteiger partial charge in [-0.05, 0) is 24.5 Å². The van der Waals surface area contributed by atoms with E-state index in [0.29, 0.717) is 12.3 Å². The van der Waals surface area contributed by atoms with Gasteiger partial charge in [-0.2, -0.15) is 4.98 Å². The largest absolute Gasteiger partial charge is 0.337 e. The van der Waals surface area contributed by atoms with Crippen molar-refractivity contribution in [3.8, 4) is 11.4 Å². The Labute approximate surface area is 109 Å². The number of hydrogen-bond acceptors (Lipinski definition) is 4. The van der Waals surface area contributed by atoms with Crippen molar-refractivity contribution in [1.82, 2.24) is 10.1 Å². The molecular weight excluding hydrogens is 252 g/mol. The van der Waals surface area contributed by atoms with Gasteiger partial charge in [0.1, 0.15) is 11.6 Å². The van der Waals surface area contributed by atoms with E-state index in [-0.39, 0.29) is 23.3 Å². The normalized spacial score (nSPS) is 12.9. The van der Waals surface area contributed by atoms with Crippen LogP contribution >= 0.6 is 0 Å². The van der Waals surface area contributed by atoms with E-state index in [1.807, 2.05) is 13.8 Å². The minimum absolute atomic E-state index is 0.0757. The van der Waals surface area contributed by atoms with Gasteiger partial charge >= 0.3 is 0 Å². The number of nitrogens with two attached hydrogens (primary N) is 1. The lowest BCUT2D eigenvalue weighted by atomic mass is 10.0. The fourth-order valence-corrected chi connectivity index (χ4v) is 1.77. The quantitative estimate of drug-likeness (QED) is 0.924. The maximum absolute atomic E-state index is 13.6. The molecule has 1 aromatic heterocycles. The Morgan fingerprint density at radius 1 is 1.32 bits per heavy atom. The summed E-state index contributed by atoms with van der Waals surface area (Å²) < 4.78 is 31.4. The van der Waals surface area contributed by atoms with Crippen molar-refractivity contribution in [3.05, 3.63) is 35.7 Å². The van der Waals surface area contributed by atoms with Crippen molar-refractivity contribution in [3.63, 3.8) is 0 Å². The van der Waals surface area contributed by atoms with Gasteiger partial charge in [0.15, 0.2) is 0 Å². The summed E-state index contributed by atoms with van der Waals surface area (Å²) in [7, 11) is 0. The topological polar surface area (TPSA) is 64.9 Å². The van der Waals surface area contributed by atoms with Crippen molar-refractivity contribution >= 4 is 0 Å². The molecule has 4 nitrogen and oxygen atoms in total. The van der Waals surface area contributed by atoms with Crippen molar-refractivity contribution in [2.24, 2.45) is 11.7 Å². The Bertz CT molecular complexity index is 569. The highest BCUT2D eigenvalue weighted by Crippen LogP contribution is 2.23. The van der Waals surface area contributed by atoms with Crippen LogP contribution < -0.4 is 5.73 Å². The zero-order valence-electron chi connectivity index (χ0n) is 10.7. The van der Waals surface area contributed by atoms with Crippen LogP contribution in [0, 0.1) is 17.6 Å². The Balaban J connectivity index is 2.25. The monoisotopic (exact) mass is 267 g/mol. The van der Waals surface area contributed by atoms with E-state index in [4.69, 9.17) is 10.3 Å². The molecule has 0 bridgehead atoms. The van der Waals surface area contributed by atoms with E-state index in [0.717, 1.165) is 12.1 Å². The average Bonchev–Trinajstić information content (AvgIpc) is 2.77. The predicted octanol–water partition coefficient (Wildman–Crippen LogP) is 3.06. The molecule has 0 unspecified atom stereocenters. The molecule has 0 saturated heterocycles. The second-order valence-corrected chi connectivity index (χ2v) is 4.82. The maximum Gasteiger partial charge on any atom is 0.243 e. The molecule has 1 atom stereocenters. The summed E-state index contributed by atoms with van der Waals surface area (Å²) in [6, 6.07) is 2.81. The number of nitrogens with zero attached hydrogens (tertiary/aromatic N) is 2. The molecule has 1 aromatic carbocycles. The van der Waals surface area contributed by atoms with Crippen LogP contribution in [-0.4, -0.2) is 10.1 Å². The summed E-state index contributed by atoms with van der Waals surface area (Å²) >= 11 is 0. The first-order valence-corrected chi connectivity index (χ1v) is 6.02. The van der Waals surface area contributed by atoms with Gasteiger partial charge in [-0.1, -0.05) is 19.0 Å². The number of rotatable bonds is 4. The van der Waals surface area contributed by atoms with Crippen molar-refractivity contribution in [2.75, 3.05) is 0 Å². The van der Waals surface area contributed by atoms with Crippen molar-refractivity contribution in [1.29, 1.82) is 0 Å². The molecule has 0 radical (unpaired) electrons. The van der Waals surface area contributed by atoms with Crippen molar-refractivity contribution < 1.29 is 13.3 Å². The third kappa shape index (κ3) is 3.14. The second kappa shape index (κ2) is 5.44. The standard InChI is InChI=1S/C13H15F2N3O/c1-7(2)5-11(16)13-17-12(18-19-13)9-4-3-8(14)6-10(9)15/h3-4,6-7,11H,5,16H2,1-2H3/t11-/m1/s1. The molecule has 2 aromatic rings. The molecule has 0 aliphatic carbocycles. The molecule has 2 rings (SSSR count). The first kappa shape index (κ1) is 13.6. The Kier molecular flexibility index (Phi) is 3.90. The molecule has 0 saturated carbocycles. The van der Waals surface area contributed by atoms with Gasteiger partial charge in [-0.3, -0.25) is 0 Å². The SMILES string of the molecule is CC(C)C[C@@H](N)c1nc(-c2ccc(F)cc2F)no1. The Hall–Kier alpha value is -1.82. The molecule has 0 aliphatic heterocycles. The van der Waals surface area contributed by atoms with Gasteiger partial charge < -0.3 is 10.3 Å². The maximum atomic E-state index is 13.6. The number of aromatic nitrogens is 2. The van der Waals surface area contributed by atoms with Gasteiger partial charge in [-0.25, -0.2) is 8.78 Å². The van der Waals surface area contributed by atoms with Gasteiger partial charge in [-0.15, -0.1) is 0 Å².